The van der Waals surface area contributed by atoms with Crippen LogP contribution in [0.4, 0.5) is 10.5 Å². The molecule has 7 heteroatoms. The van der Waals surface area contributed by atoms with E-state index in [1.54, 1.807) is 18.2 Å². The third-order valence-corrected chi connectivity index (χ3v) is 5.18. The zero-order valence-electron chi connectivity index (χ0n) is 17.0. The summed E-state index contributed by atoms with van der Waals surface area (Å²) in [5.74, 6) is -0.459. The van der Waals surface area contributed by atoms with E-state index in [4.69, 9.17) is 5.73 Å². The van der Waals surface area contributed by atoms with Crippen LogP contribution < -0.4 is 11.1 Å². The van der Waals surface area contributed by atoms with E-state index >= 15 is 0 Å². The zero-order valence-corrected chi connectivity index (χ0v) is 17.0. The number of carbonyl (C=O) groups is 2. The molecule has 1 heterocycles. The van der Waals surface area contributed by atoms with E-state index in [1.807, 2.05) is 25.9 Å². The minimum Gasteiger partial charge on any atom is -0.366 e. The highest BCUT2D eigenvalue weighted by Gasteiger charge is 2.27. The summed E-state index contributed by atoms with van der Waals surface area (Å²) in [6.45, 7) is 8.32. The van der Waals surface area contributed by atoms with Crippen molar-refractivity contribution in [1.29, 1.82) is 0 Å². The Labute approximate surface area is 162 Å². The van der Waals surface area contributed by atoms with Gasteiger partial charge in [-0.1, -0.05) is 6.92 Å². The number of anilines is 1. The van der Waals surface area contributed by atoms with Crippen LogP contribution in [-0.2, 0) is 0 Å². The van der Waals surface area contributed by atoms with Gasteiger partial charge in [-0.25, -0.2) is 4.79 Å². The van der Waals surface area contributed by atoms with E-state index < -0.39 is 5.91 Å². The maximum Gasteiger partial charge on any atom is 0.321 e. The van der Waals surface area contributed by atoms with Gasteiger partial charge in [0, 0.05) is 36.9 Å². The second kappa shape index (κ2) is 9.71. The molecule has 150 valence electrons. The SMILES string of the molecule is CCN1CCC[C@@H]1CN(CCN(C)C)C(=O)Nc1ccc(C(N)=O)c(C)c1. The molecule has 3 N–H and O–H groups in total. The average Bonchev–Trinajstić information content (AvgIpc) is 3.05. The standard InChI is InChI=1S/C20H33N5O2/c1-5-24-10-6-7-17(24)14-25(12-11-23(3)4)20(27)22-16-8-9-18(19(21)26)15(2)13-16/h8-9,13,17H,5-7,10-12,14H2,1-4H3,(H2,21,26)(H,22,27)/t17-/m1/s1. The number of nitrogens with one attached hydrogen (secondary N) is 1. The molecule has 27 heavy (non-hydrogen) atoms. The van der Waals surface area contributed by atoms with Crippen LogP contribution in [0.2, 0.25) is 0 Å². The number of urea groups is 1. The Morgan fingerprint density at radius 1 is 1.30 bits per heavy atom. The lowest BCUT2D eigenvalue weighted by molar-refractivity contribution is 0.0999. The van der Waals surface area contributed by atoms with Crippen LogP contribution in [0, 0.1) is 6.92 Å². The fourth-order valence-corrected chi connectivity index (χ4v) is 3.59. The summed E-state index contributed by atoms with van der Waals surface area (Å²) >= 11 is 0. The van der Waals surface area contributed by atoms with Gasteiger partial charge < -0.3 is 20.9 Å². The molecule has 1 aromatic rings. The smallest absolute Gasteiger partial charge is 0.321 e. The molecule has 1 aliphatic heterocycles. The number of hydrogen-bond donors (Lipinski definition) is 2. The van der Waals surface area contributed by atoms with Crippen molar-refractivity contribution in [3.05, 3.63) is 29.3 Å². The number of rotatable bonds is 8. The summed E-state index contributed by atoms with van der Waals surface area (Å²) in [5, 5.41) is 2.98. The lowest BCUT2D eigenvalue weighted by Crippen LogP contribution is -2.46. The van der Waals surface area contributed by atoms with Gasteiger partial charge in [0.15, 0.2) is 0 Å². The minimum absolute atomic E-state index is 0.106. The summed E-state index contributed by atoms with van der Waals surface area (Å²) in [7, 11) is 4.02. The Morgan fingerprint density at radius 3 is 2.63 bits per heavy atom. The number of nitrogens with two attached hydrogens (primary N) is 1. The first-order valence-corrected chi connectivity index (χ1v) is 9.67. The average molecular weight is 376 g/mol. The second-order valence-corrected chi connectivity index (χ2v) is 7.50. The van der Waals surface area contributed by atoms with Crippen molar-refractivity contribution in [1.82, 2.24) is 14.7 Å². The minimum atomic E-state index is -0.459. The third-order valence-electron chi connectivity index (χ3n) is 5.18. The largest absolute Gasteiger partial charge is 0.366 e. The molecule has 1 saturated heterocycles. The van der Waals surface area contributed by atoms with E-state index in [0.29, 0.717) is 23.8 Å². The van der Waals surface area contributed by atoms with Crippen molar-refractivity contribution < 1.29 is 9.59 Å². The van der Waals surface area contributed by atoms with Crippen LogP contribution in [0.5, 0.6) is 0 Å². The molecule has 1 fully saturated rings. The third kappa shape index (κ3) is 5.94. The molecule has 3 amide bonds. The van der Waals surface area contributed by atoms with E-state index in [-0.39, 0.29) is 6.03 Å². The molecule has 0 unspecified atom stereocenters. The molecule has 0 bridgehead atoms. The number of primary amides is 1. The molecule has 2 rings (SSSR count). The normalized spacial score (nSPS) is 17.3. The van der Waals surface area contributed by atoms with Gasteiger partial charge in [0.05, 0.1) is 0 Å². The van der Waals surface area contributed by atoms with E-state index in [2.05, 4.69) is 22.0 Å². The predicted octanol–water partition coefficient (Wildman–Crippen LogP) is 1.97. The van der Waals surface area contributed by atoms with Crippen molar-refractivity contribution >= 4 is 17.6 Å². The van der Waals surface area contributed by atoms with Gasteiger partial charge in [0.1, 0.15) is 0 Å². The van der Waals surface area contributed by atoms with Crippen LogP contribution >= 0.6 is 0 Å². The maximum absolute atomic E-state index is 12.9. The zero-order chi connectivity index (χ0) is 20.0. The fraction of sp³-hybridized carbons (Fsp3) is 0.600. The number of carbonyl (C=O) groups excluding carboxylic acids is 2. The van der Waals surface area contributed by atoms with Gasteiger partial charge in [0.2, 0.25) is 5.91 Å². The molecular weight excluding hydrogens is 342 g/mol. The Balaban J connectivity index is 2.08. The summed E-state index contributed by atoms with van der Waals surface area (Å²) in [6.07, 6.45) is 2.32. The van der Waals surface area contributed by atoms with Gasteiger partial charge in [0.25, 0.3) is 0 Å². The lowest BCUT2D eigenvalue weighted by atomic mass is 10.1. The number of benzene rings is 1. The van der Waals surface area contributed by atoms with E-state index in [1.165, 1.54) is 6.42 Å². The van der Waals surface area contributed by atoms with Gasteiger partial charge >= 0.3 is 6.03 Å². The van der Waals surface area contributed by atoms with Crippen LogP contribution in [0.3, 0.4) is 0 Å². The highest BCUT2D eigenvalue weighted by atomic mass is 16.2. The Kier molecular flexibility index (Phi) is 7.62. The van der Waals surface area contributed by atoms with E-state index in [9.17, 15) is 9.59 Å². The van der Waals surface area contributed by atoms with Crippen LogP contribution in [0.1, 0.15) is 35.7 Å². The summed E-state index contributed by atoms with van der Waals surface area (Å²) in [6, 6.07) is 5.49. The number of likely N-dealkylation sites (N-methyl/N-ethyl adjacent to an activating group) is 2. The first-order valence-electron chi connectivity index (χ1n) is 9.67. The molecule has 0 aromatic heterocycles. The molecule has 0 aliphatic carbocycles. The Morgan fingerprint density at radius 2 is 2.04 bits per heavy atom. The van der Waals surface area contributed by atoms with E-state index in [0.717, 1.165) is 38.2 Å². The monoisotopic (exact) mass is 375 g/mol. The summed E-state index contributed by atoms with van der Waals surface area (Å²) in [4.78, 5) is 30.7. The quantitative estimate of drug-likeness (QED) is 0.728. The van der Waals surface area contributed by atoms with Crippen LogP contribution in [0.25, 0.3) is 0 Å². The number of nitrogens with zero attached hydrogens (tertiary/aromatic N) is 3. The number of aryl methyl sites for hydroxylation is 1. The Bertz CT molecular complexity index is 662. The number of hydrogen-bond acceptors (Lipinski definition) is 4. The van der Waals surface area contributed by atoms with Gasteiger partial charge in [-0.05, 0) is 70.7 Å². The maximum atomic E-state index is 12.9. The molecule has 0 spiro atoms. The highest BCUT2D eigenvalue weighted by molar-refractivity contribution is 5.96. The number of likely N-dealkylation sites (tertiary alicyclic amines) is 1. The van der Waals surface area contributed by atoms with Crippen LogP contribution in [-0.4, -0.2) is 79.5 Å². The van der Waals surface area contributed by atoms with Crippen molar-refractivity contribution in [2.24, 2.45) is 5.73 Å². The molecule has 0 radical (unpaired) electrons. The van der Waals surface area contributed by atoms with Crippen molar-refractivity contribution in [3.63, 3.8) is 0 Å². The first-order chi connectivity index (χ1) is 12.8. The van der Waals surface area contributed by atoms with Crippen LogP contribution in [0.15, 0.2) is 18.2 Å². The van der Waals surface area contributed by atoms with Gasteiger partial charge in [-0.3, -0.25) is 9.69 Å². The fourth-order valence-electron chi connectivity index (χ4n) is 3.59. The molecule has 1 aromatic carbocycles. The molecular formula is C20H33N5O2. The van der Waals surface area contributed by atoms with Gasteiger partial charge in [-0.2, -0.15) is 0 Å². The van der Waals surface area contributed by atoms with Crippen molar-refractivity contribution in [2.75, 3.05) is 52.1 Å². The van der Waals surface area contributed by atoms with Crippen molar-refractivity contribution in [3.8, 4) is 0 Å². The van der Waals surface area contributed by atoms with Crippen molar-refractivity contribution in [2.45, 2.75) is 32.7 Å². The topological polar surface area (TPSA) is 81.9 Å². The molecule has 1 atom stereocenters. The lowest BCUT2D eigenvalue weighted by Gasteiger charge is -2.31. The second-order valence-electron chi connectivity index (χ2n) is 7.50. The Hall–Kier alpha value is -2.12. The predicted molar refractivity (Wildman–Crippen MR) is 109 cm³/mol. The summed E-state index contributed by atoms with van der Waals surface area (Å²) in [5.41, 5.74) is 7.26. The molecule has 1 aliphatic rings. The molecule has 7 nitrogen and oxygen atoms in total. The first kappa shape index (κ1) is 21.2. The molecule has 0 saturated carbocycles. The summed E-state index contributed by atoms with van der Waals surface area (Å²) < 4.78 is 0. The van der Waals surface area contributed by atoms with Gasteiger partial charge in [-0.15, -0.1) is 0 Å². The number of amides is 3. The highest BCUT2D eigenvalue weighted by Crippen LogP contribution is 2.19.